The largest absolute Gasteiger partial charge is 0.477 e. The average Bonchev–Trinajstić information content (AvgIpc) is 3.08. The van der Waals surface area contributed by atoms with Gasteiger partial charge in [-0.2, -0.15) is 0 Å². The number of carbonyl (C=O) groups excluding carboxylic acids is 1. The van der Waals surface area contributed by atoms with Crippen molar-refractivity contribution in [1.29, 1.82) is 0 Å². The third kappa shape index (κ3) is 3.75. The number of likely N-dealkylation sites (tertiary alicyclic amines) is 1. The number of nitrogens with zero attached hydrogens (tertiary/aromatic N) is 4. The number of halogens is 1. The lowest BCUT2D eigenvalue weighted by Gasteiger charge is -2.25. The predicted octanol–water partition coefficient (Wildman–Crippen LogP) is 3.60. The number of imidazole rings is 1. The Kier molecular flexibility index (Phi) is 5.34. The zero-order valence-corrected chi connectivity index (χ0v) is 15.9. The number of hydrogen-bond acceptors (Lipinski definition) is 5. The van der Waals surface area contributed by atoms with Gasteiger partial charge in [-0.1, -0.05) is 6.42 Å². The molecule has 2 aromatic heterocycles. The maximum Gasteiger partial charge on any atom is 0.231 e. The van der Waals surface area contributed by atoms with Crippen molar-refractivity contribution in [1.82, 2.24) is 19.5 Å². The van der Waals surface area contributed by atoms with Crippen molar-refractivity contribution < 1.29 is 13.9 Å². The highest BCUT2D eigenvalue weighted by Crippen LogP contribution is 2.26. The molecule has 1 saturated heterocycles. The topological polar surface area (TPSA) is 59.7 Å². The molecule has 0 atom stereocenters. The number of carbonyl (C=O) groups is 1. The van der Waals surface area contributed by atoms with Crippen LogP contribution in [0.2, 0.25) is 0 Å². The second-order valence-electron chi connectivity index (χ2n) is 6.95. The molecule has 0 radical (unpaired) electrons. The molecule has 0 saturated carbocycles. The molecule has 4 rings (SSSR count). The van der Waals surface area contributed by atoms with Gasteiger partial charge >= 0.3 is 0 Å². The fourth-order valence-corrected chi connectivity index (χ4v) is 3.60. The van der Waals surface area contributed by atoms with Gasteiger partial charge in [-0.25, -0.2) is 13.9 Å². The zero-order valence-electron chi connectivity index (χ0n) is 15.9. The Morgan fingerprint density at radius 1 is 1.11 bits per heavy atom. The van der Waals surface area contributed by atoms with Gasteiger partial charge in [0, 0.05) is 11.6 Å². The van der Waals surface area contributed by atoms with Crippen LogP contribution in [0.15, 0.2) is 36.4 Å². The first-order valence-electron chi connectivity index (χ1n) is 9.70. The third-order valence-corrected chi connectivity index (χ3v) is 4.94. The molecule has 0 unspecified atom stereocenters. The first-order chi connectivity index (χ1) is 13.7. The number of piperidine rings is 1. The maximum absolute atomic E-state index is 13.4. The quantitative estimate of drug-likeness (QED) is 0.610. The summed E-state index contributed by atoms with van der Waals surface area (Å²) >= 11 is 0. The summed E-state index contributed by atoms with van der Waals surface area (Å²) in [6.45, 7) is 4.53. The average molecular weight is 382 g/mol. The van der Waals surface area contributed by atoms with Gasteiger partial charge in [-0.15, -0.1) is 5.10 Å². The molecule has 3 aromatic rings. The van der Waals surface area contributed by atoms with E-state index in [1.165, 1.54) is 18.6 Å². The highest BCUT2D eigenvalue weighted by molar-refractivity contribution is 6.02. The van der Waals surface area contributed by atoms with E-state index in [0.29, 0.717) is 41.6 Å². The molecular weight excluding hydrogens is 359 g/mol. The Hall–Kier alpha value is -2.80. The molecule has 146 valence electrons. The zero-order chi connectivity index (χ0) is 19.5. The number of rotatable bonds is 6. The molecule has 1 aliphatic heterocycles. The summed E-state index contributed by atoms with van der Waals surface area (Å²) in [4.78, 5) is 20.0. The second-order valence-corrected chi connectivity index (χ2v) is 6.95. The fraction of sp³-hybridized carbons (Fsp3) is 0.381. The van der Waals surface area contributed by atoms with Gasteiger partial charge < -0.3 is 4.74 Å². The minimum Gasteiger partial charge on any atom is -0.477 e. The van der Waals surface area contributed by atoms with Crippen LogP contribution in [0, 0.1) is 5.82 Å². The number of hydrogen-bond donors (Lipinski definition) is 0. The Morgan fingerprint density at radius 3 is 2.57 bits per heavy atom. The molecule has 28 heavy (non-hydrogen) atoms. The summed E-state index contributed by atoms with van der Waals surface area (Å²) in [5.74, 6) is 0.0606. The van der Waals surface area contributed by atoms with Gasteiger partial charge in [0.1, 0.15) is 17.2 Å². The molecule has 7 heteroatoms. The predicted molar refractivity (Wildman–Crippen MR) is 104 cm³/mol. The van der Waals surface area contributed by atoms with Gasteiger partial charge in [-0.3, -0.25) is 9.69 Å². The number of Topliss-reactive ketones (excluding diaryl/α,β-unsaturated/α-hetero) is 1. The maximum atomic E-state index is 13.4. The number of fused-ring (bicyclic) bond motifs is 1. The summed E-state index contributed by atoms with van der Waals surface area (Å²) in [5.41, 5.74) is 2.17. The van der Waals surface area contributed by atoms with Crippen LogP contribution in [0.25, 0.3) is 16.9 Å². The van der Waals surface area contributed by atoms with Crippen molar-refractivity contribution in [3.05, 3.63) is 47.9 Å². The Balaban J connectivity index is 1.79. The molecule has 0 spiro atoms. The Morgan fingerprint density at radius 2 is 1.86 bits per heavy atom. The molecular formula is C21H23FN4O2. The van der Waals surface area contributed by atoms with E-state index in [4.69, 9.17) is 4.74 Å². The summed E-state index contributed by atoms with van der Waals surface area (Å²) in [6, 6.07) is 9.53. The van der Waals surface area contributed by atoms with E-state index in [0.717, 1.165) is 25.9 Å². The Labute approximate surface area is 162 Å². The molecule has 6 nitrogen and oxygen atoms in total. The Bertz CT molecular complexity index is 978. The van der Waals surface area contributed by atoms with Crippen LogP contribution >= 0.6 is 0 Å². The van der Waals surface area contributed by atoms with Gasteiger partial charge in [-0.05, 0) is 63.2 Å². The van der Waals surface area contributed by atoms with Crippen LogP contribution in [0.1, 0.15) is 36.7 Å². The normalized spacial score (nSPS) is 15.1. The monoisotopic (exact) mass is 382 g/mol. The van der Waals surface area contributed by atoms with E-state index in [2.05, 4.69) is 15.0 Å². The standard InChI is InChI=1S/C21H23FN4O2/c1-2-28-19-11-10-18-23-20(15-6-8-16(22)9-7-15)21(26(18)24-19)17(27)14-25-12-4-3-5-13-25/h6-11H,2-5,12-14H2,1H3. The lowest BCUT2D eigenvalue weighted by atomic mass is 10.1. The molecule has 1 aromatic carbocycles. The molecule has 3 heterocycles. The van der Waals surface area contributed by atoms with Crippen LogP contribution in [0.3, 0.4) is 0 Å². The van der Waals surface area contributed by atoms with Crippen LogP contribution in [0.4, 0.5) is 4.39 Å². The third-order valence-electron chi connectivity index (χ3n) is 4.94. The van der Waals surface area contributed by atoms with E-state index in [9.17, 15) is 9.18 Å². The van der Waals surface area contributed by atoms with E-state index in [1.54, 1.807) is 28.8 Å². The van der Waals surface area contributed by atoms with Gasteiger partial charge in [0.2, 0.25) is 5.88 Å². The van der Waals surface area contributed by atoms with Crippen molar-refractivity contribution in [3.63, 3.8) is 0 Å². The van der Waals surface area contributed by atoms with Gasteiger partial charge in [0.15, 0.2) is 11.4 Å². The van der Waals surface area contributed by atoms with E-state index in [1.807, 2.05) is 6.92 Å². The minimum absolute atomic E-state index is 0.0464. The van der Waals surface area contributed by atoms with Crippen LogP contribution < -0.4 is 4.74 Å². The van der Waals surface area contributed by atoms with Crippen molar-refractivity contribution in [2.45, 2.75) is 26.2 Å². The van der Waals surface area contributed by atoms with E-state index >= 15 is 0 Å². The van der Waals surface area contributed by atoms with Crippen molar-refractivity contribution in [2.24, 2.45) is 0 Å². The first kappa shape index (κ1) is 18.6. The lowest BCUT2D eigenvalue weighted by molar-refractivity contribution is 0.0909. The van der Waals surface area contributed by atoms with Crippen molar-refractivity contribution >= 4 is 11.4 Å². The van der Waals surface area contributed by atoms with Crippen molar-refractivity contribution in [2.75, 3.05) is 26.2 Å². The molecule has 1 fully saturated rings. The first-order valence-corrected chi connectivity index (χ1v) is 9.70. The van der Waals surface area contributed by atoms with Crippen LogP contribution in [-0.4, -0.2) is 51.5 Å². The molecule has 1 aliphatic rings. The highest BCUT2D eigenvalue weighted by Gasteiger charge is 2.24. The highest BCUT2D eigenvalue weighted by atomic mass is 19.1. The molecule has 0 N–H and O–H groups in total. The van der Waals surface area contributed by atoms with Gasteiger partial charge in [0.05, 0.1) is 13.2 Å². The van der Waals surface area contributed by atoms with Crippen molar-refractivity contribution in [3.8, 4) is 17.1 Å². The molecule has 0 aliphatic carbocycles. The number of ketones is 1. The number of aromatic nitrogens is 3. The molecule has 0 amide bonds. The molecule has 0 bridgehead atoms. The fourth-order valence-electron chi connectivity index (χ4n) is 3.60. The van der Waals surface area contributed by atoms with E-state index in [-0.39, 0.29) is 11.6 Å². The van der Waals surface area contributed by atoms with Gasteiger partial charge in [0.25, 0.3) is 0 Å². The SMILES string of the molecule is CCOc1ccc2nc(-c3ccc(F)cc3)c(C(=O)CN3CCCCC3)n2n1. The number of ether oxygens (including phenoxy) is 1. The summed E-state index contributed by atoms with van der Waals surface area (Å²) < 4.78 is 20.4. The smallest absolute Gasteiger partial charge is 0.231 e. The summed E-state index contributed by atoms with van der Waals surface area (Å²) in [7, 11) is 0. The van der Waals surface area contributed by atoms with Crippen LogP contribution in [0.5, 0.6) is 5.88 Å². The van der Waals surface area contributed by atoms with E-state index < -0.39 is 0 Å². The summed E-state index contributed by atoms with van der Waals surface area (Å²) in [5, 5.41) is 4.46. The second kappa shape index (κ2) is 8.06. The van der Waals surface area contributed by atoms with Crippen LogP contribution in [-0.2, 0) is 0 Å². The number of benzene rings is 1. The lowest BCUT2D eigenvalue weighted by Crippen LogP contribution is -2.35. The minimum atomic E-state index is -0.328. The summed E-state index contributed by atoms with van der Waals surface area (Å²) in [6.07, 6.45) is 3.43.